The number of hydrogen-bond donors (Lipinski definition) is 0. The zero-order valence-electron chi connectivity index (χ0n) is 11.2. The van der Waals surface area contributed by atoms with Crippen molar-refractivity contribution in [1.82, 2.24) is 0 Å². The molecule has 100 valence electrons. The Morgan fingerprint density at radius 1 is 1.22 bits per heavy atom. The molecule has 0 aromatic heterocycles. The first-order valence-electron chi connectivity index (χ1n) is 5.85. The fourth-order valence-corrected chi connectivity index (χ4v) is 3.13. The van der Waals surface area contributed by atoms with Gasteiger partial charge in [0.2, 0.25) is 10.0 Å². The molecular formula is C13H19NO3S. The van der Waals surface area contributed by atoms with E-state index in [1.165, 1.54) is 11.2 Å². The lowest BCUT2D eigenvalue weighted by Gasteiger charge is -2.26. The normalized spacial score (nSPS) is 11.3. The van der Waals surface area contributed by atoms with Gasteiger partial charge in [-0.05, 0) is 38.8 Å². The van der Waals surface area contributed by atoms with Crippen LogP contribution in [0, 0.1) is 13.8 Å². The van der Waals surface area contributed by atoms with Gasteiger partial charge in [-0.1, -0.05) is 18.2 Å². The first-order chi connectivity index (χ1) is 8.29. The summed E-state index contributed by atoms with van der Waals surface area (Å²) >= 11 is 0. The number of carbonyl (C=O) groups excluding carboxylic acids is 1. The van der Waals surface area contributed by atoms with Gasteiger partial charge in [-0.3, -0.25) is 9.10 Å². The minimum atomic E-state index is -3.44. The summed E-state index contributed by atoms with van der Waals surface area (Å²) in [6, 6.07) is 5.57. The van der Waals surface area contributed by atoms with Crippen molar-refractivity contribution < 1.29 is 13.2 Å². The molecule has 1 rings (SSSR count). The molecule has 5 heteroatoms. The van der Waals surface area contributed by atoms with Crippen LogP contribution in [0.4, 0.5) is 5.69 Å². The molecule has 0 fully saturated rings. The predicted molar refractivity (Wildman–Crippen MR) is 73.4 cm³/mol. The van der Waals surface area contributed by atoms with E-state index in [4.69, 9.17) is 0 Å². The van der Waals surface area contributed by atoms with Crippen molar-refractivity contribution in [2.24, 2.45) is 0 Å². The van der Waals surface area contributed by atoms with Gasteiger partial charge in [-0.2, -0.15) is 0 Å². The van der Waals surface area contributed by atoms with E-state index in [0.29, 0.717) is 5.69 Å². The third-order valence-electron chi connectivity index (χ3n) is 2.76. The maximum Gasteiger partial charge on any atom is 0.235 e. The van der Waals surface area contributed by atoms with Gasteiger partial charge >= 0.3 is 0 Å². The number of sulfonamides is 1. The molecule has 0 atom stereocenters. The largest absolute Gasteiger partial charge is 0.298 e. The van der Waals surface area contributed by atoms with Crippen LogP contribution in [0.25, 0.3) is 0 Å². The van der Waals surface area contributed by atoms with E-state index in [2.05, 4.69) is 0 Å². The Balaban J connectivity index is 3.40. The van der Waals surface area contributed by atoms with E-state index in [1.807, 2.05) is 32.0 Å². The smallest absolute Gasteiger partial charge is 0.235 e. The molecule has 1 aromatic carbocycles. The summed E-state index contributed by atoms with van der Waals surface area (Å²) in [7, 11) is -3.44. The first kappa shape index (κ1) is 14.7. The lowest BCUT2D eigenvalue weighted by atomic mass is 10.1. The van der Waals surface area contributed by atoms with Crippen LogP contribution < -0.4 is 4.31 Å². The average molecular weight is 269 g/mol. The Bertz CT molecular complexity index is 529. The van der Waals surface area contributed by atoms with Crippen molar-refractivity contribution in [3.8, 4) is 0 Å². The lowest BCUT2D eigenvalue weighted by Crippen LogP contribution is -2.37. The summed E-state index contributed by atoms with van der Waals surface area (Å²) in [5.41, 5.74) is 2.33. The van der Waals surface area contributed by atoms with Crippen molar-refractivity contribution in [3.63, 3.8) is 0 Å². The maximum atomic E-state index is 12.1. The van der Waals surface area contributed by atoms with Crippen molar-refractivity contribution in [1.29, 1.82) is 0 Å². The molecular weight excluding hydrogens is 250 g/mol. The number of aryl methyl sites for hydroxylation is 2. The fraction of sp³-hybridized carbons (Fsp3) is 0.462. The van der Waals surface area contributed by atoms with Gasteiger partial charge < -0.3 is 0 Å². The van der Waals surface area contributed by atoms with Crippen LogP contribution in [-0.2, 0) is 14.8 Å². The molecule has 0 spiro atoms. The Kier molecular flexibility index (Phi) is 4.51. The number of Topliss-reactive ketones (excluding diaryl/α,β-unsaturated/α-hetero) is 1. The highest BCUT2D eigenvalue weighted by atomic mass is 32.2. The molecule has 0 saturated carbocycles. The summed E-state index contributed by atoms with van der Waals surface area (Å²) in [6.45, 7) is 6.56. The predicted octanol–water partition coefficient (Wildman–Crippen LogP) is 2.05. The number of ketones is 1. The third-order valence-corrected chi connectivity index (χ3v) is 4.47. The quantitative estimate of drug-likeness (QED) is 0.822. The molecule has 0 N–H and O–H groups in total. The first-order valence-corrected chi connectivity index (χ1v) is 7.46. The van der Waals surface area contributed by atoms with E-state index in [1.54, 1.807) is 6.92 Å². The molecule has 0 radical (unpaired) electrons. The van der Waals surface area contributed by atoms with E-state index < -0.39 is 10.0 Å². The number of carbonyl (C=O) groups is 1. The van der Waals surface area contributed by atoms with Gasteiger partial charge in [-0.15, -0.1) is 0 Å². The third kappa shape index (κ3) is 3.10. The topological polar surface area (TPSA) is 54.5 Å². The van der Waals surface area contributed by atoms with E-state index in [0.717, 1.165) is 11.1 Å². The van der Waals surface area contributed by atoms with Gasteiger partial charge in [0.1, 0.15) is 5.78 Å². The summed E-state index contributed by atoms with van der Waals surface area (Å²) in [4.78, 5) is 11.3. The summed E-state index contributed by atoms with van der Waals surface area (Å²) < 4.78 is 25.4. The SMILES string of the molecule is CCS(=O)(=O)N(CC(C)=O)c1c(C)cccc1C. The van der Waals surface area contributed by atoms with Gasteiger partial charge in [0.15, 0.2) is 0 Å². The van der Waals surface area contributed by atoms with Gasteiger partial charge in [-0.25, -0.2) is 8.42 Å². The minimum absolute atomic E-state index is 0.0198. The zero-order chi connectivity index (χ0) is 13.9. The second-order valence-corrected chi connectivity index (χ2v) is 6.53. The Morgan fingerprint density at radius 2 is 1.72 bits per heavy atom. The Morgan fingerprint density at radius 3 is 2.11 bits per heavy atom. The highest BCUT2D eigenvalue weighted by Crippen LogP contribution is 2.27. The fourth-order valence-electron chi connectivity index (χ4n) is 1.87. The molecule has 0 aliphatic carbocycles. The van der Waals surface area contributed by atoms with Gasteiger partial charge in [0.25, 0.3) is 0 Å². The number of rotatable bonds is 5. The van der Waals surface area contributed by atoms with Crippen molar-refractivity contribution in [2.75, 3.05) is 16.6 Å². The molecule has 18 heavy (non-hydrogen) atoms. The van der Waals surface area contributed by atoms with Crippen LogP contribution in [0.3, 0.4) is 0 Å². The van der Waals surface area contributed by atoms with Crippen LogP contribution in [0.15, 0.2) is 18.2 Å². The highest BCUT2D eigenvalue weighted by molar-refractivity contribution is 7.92. The monoisotopic (exact) mass is 269 g/mol. The van der Waals surface area contributed by atoms with Crippen molar-refractivity contribution >= 4 is 21.5 Å². The second-order valence-electron chi connectivity index (χ2n) is 4.35. The lowest BCUT2D eigenvalue weighted by molar-refractivity contribution is -0.115. The number of anilines is 1. The molecule has 4 nitrogen and oxygen atoms in total. The van der Waals surface area contributed by atoms with E-state index in [-0.39, 0.29) is 18.1 Å². The number of para-hydroxylation sites is 1. The second kappa shape index (κ2) is 5.52. The van der Waals surface area contributed by atoms with Crippen LogP contribution in [0.1, 0.15) is 25.0 Å². The van der Waals surface area contributed by atoms with Crippen LogP contribution in [0.2, 0.25) is 0 Å². The molecule has 0 aliphatic rings. The summed E-state index contributed by atoms with van der Waals surface area (Å²) in [6.07, 6.45) is 0. The Hall–Kier alpha value is -1.36. The van der Waals surface area contributed by atoms with Gasteiger partial charge in [0.05, 0.1) is 18.0 Å². The molecule has 0 heterocycles. The molecule has 0 aliphatic heterocycles. The average Bonchev–Trinajstić information content (AvgIpc) is 2.27. The molecule has 0 amide bonds. The molecule has 0 unspecified atom stereocenters. The standard InChI is InChI=1S/C13H19NO3S/c1-5-18(16,17)14(9-12(4)15)13-10(2)7-6-8-11(13)3/h6-8H,5,9H2,1-4H3. The Labute approximate surface area is 109 Å². The van der Waals surface area contributed by atoms with Gasteiger partial charge in [0, 0.05) is 0 Å². The van der Waals surface area contributed by atoms with Crippen molar-refractivity contribution in [3.05, 3.63) is 29.3 Å². The molecule has 0 bridgehead atoms. The molecule has 1 aromatic rings. The van der Waals surface area contributed by atoms with Crippen molar-refractivity contribution in [2.45, 2.75) is 27.7 Å². The van der Waals surface area contributed by atoms with Crippen LogP contribution >= 0.6 is 0 Å². The maximum absolute atomic E-state index is 12.1. The zero-order valence-corrected chi connectivity index (χ0v) is 12.0. The van der Waals surface area contributed by atoms with E-state index >= 15 is 0 Å². The molecule has 0 saturated heterocycles. The van der Waals surface area contributed by atoms with Crippen LogP contribution in [0.5, 0.6) is 0 Å². The highest BCUT2D eigenvalue weighted by Gasteiger charge is 2.24. The minimum Gasteiger partial charge on any atom is -0.298 e. The summed E-state index contributed by atoms with van der Waals surface area (Å²) in [5, 5.41) is 0. The number of nitrogens with zero attached hydrogens (tertiary/aromatic N) is 1. The summed E-state index contributed by atoms with van der Waals surface area (Å²) in [5.74, 6) is -0.191. The number of benzene rings is 1. The van der Waals surface area contributed by atoms with Crippen LogP contribution in [-0.4, -0.2) is 26.5 Å². The number of hydrogen-bond acceptors (Lipinski definition) is 3. The van der Waals surface area contributed by atoms with E-state index in [9.17, 15) is 13.2 Å².